The Bertz CT molecular complexity index is 1050. The molecule has 3 aromatic heterocycles. The van der Waals surface area contributed by atoms with E-state index in [0.717, 1.165) is 37.3 Å². The number of rotatable bonds is 5. The van der Waals surface area contributed by atoms with Crippen LogP contribution < -0.4 is 5.32 Å². The number of nitrogens with zero attached hydrogens (tertiary/aromatic N) is 5. The van der Waals surface area contributed by atoms with Crippen molar-refractivity contribution in [3.8, 4) is 11.5 Å². The van der Waals surface area contributed by atoms with Crippen LogP contribution in [0.5, 0.6) is 0 Å². The van der Waals surface area contributed by atoms with Gasteiger partial charge in [-0.25, -0.2) is 14.3 Å². The van der Waals surface area contributed by atoms with Gasteiger partial charge >= 0.3 is 0 Å². The van der Waals surface area contributed by atoms with Crippen LogP contribution >= 0.6 is 0 Å². The van der Waals surface area contributed by atoms with E-state index in [9.17, 15) is 0 Å². The number of hydrogen-bond acceptors (Lipinski definition) is 4. The largest absolute Gasteiger partial charge is 0.306 e. The molecule has 0 saturated carbocycles. The lowest BCUT2D eigenvalue weighted by molar-refractivity contribution is 0.454. The minimum absolute atomic E-state index is 0.314. The van der Waals surface area contributed by atoms with Gasteiger partial charge in [0.25, 0.3) is 0 Å². The smallest absolute Gasteiger partial charge is 0.153 e. The lowest BCUT2D eigenvalue weighted by Gasteiger charge is -2.24. The average Bonchev–Trinajstić information content (AvgIpc) is 3.43. The van der Waals surface area contributed by atoms with Gasteiger partial charge in [-0.15, -0.1) is 0 Å². The van der Waals surface area contributed by atoms with Gasteiger partial charge in [0.15, 0.2) is 5.82 Å². The van der Waals surface area contributed by atoms with E-state index < -0.39 is 0 Å². The molecule has 0 aliphatic heterocycles. The number of nitrogens with one attached hydrogen (secondary N) is 1. The van der Waals surface area contributed by atoms with Crippen molar-refractivity contribution in [2.24, 2.45) is 0 Å². The van der Waals surface area contributed by atoms with E-state index >= 15 is 0 Å². The molecule has 6 heteroatoms. The molecule has 1 aromatic carbocycles. The third-order valence-electron chi connectivity index (χ3n) is 5.28. The zero-order valence-corrected chi connectivity index (χ0v) is 15.6. The quantitative estimate of drug-likeness (QED) is 0.583. The summed E-state index contributed by atoms with van der Waals surface area (Å²) < 4.78 is 3.88. The van der Waals surface area contributed by atoms with E-state index in [1.807, 2.05) is 52.2 Å². The predicted octanol–water partition coefficient (Wildman–Crippen LogP) is 3.62. The van der Waals surface area contributed by atoms with Gasteiger partial charge in [0.2, 0.25) is 0 Å². The molecular weight excluding hydrogens is 348 g/mol. The summed E-state index contributed by atoms with van der Waals surface area (Å²) in [4.78, 5) is 4.45. The van der Waals surface area contributed by atoms with Crippen molar-refractivity contribution in [3.63, 3.8) is 0 Å². The third kappa shape index (κ3) is 3.23. The minimum Gasteiger partial charge on any atom is -0.306 e. The van der Waals surface area contributed by atoms with Gasteiger partial charge in [-0.1, -0.05) is 18.2 Å². The maximum atomic E-state index is 4.62. The van der Waals surface area contributed by atoms with E-state index in [2.05, 4.69) is 44.8 Å². The maximum Gasteiger partial charge on any atom is 0.153 e. The molecule has 1 atom stereocenters. The summed E-state index contributed by atoms with van der Waals surface area (Å²) >= 11 is 0. The van der Waals surface area contributed by atoms with Crippen molar-refractivity contribution >= 4 is 0 Å². The van der Waals surface area contributed by atoms with E-state index in [4.69, 9.17) is 0 Å². The molecule has 0 spiro atoms. The summed E-state index contributed by atoms with van der Waals surface area (Å²) in [7, 11) is 0. The molecular formula is C22H22N6. The molecule has 6 nitrogen and oxygen atoms in total. The van der Waals surface area contributed by atoms with Gasteiger partial charge in [-0.3, -0.25) is 0 Å². The lowest BCUT2D eigenvalue weighted by atomic mass is 9.92. The summed E-state index contributed by atoms with van der Waals surface area (Å²) in [6, 6.07) is 16.7. The Morgan fingerprint density at radius 3 is 2.89 bits per heavy atom. The fraction of sp³-hybridized carbons (Fsp3) is 0.227. The molecule has 0 saturated heterocycles. The molecule has 0 fully saturated rings. The molecule has 1 N–H and O–H groups in total. The molecule has 140 valence electrons. The van der Waals surface area contributed by atoms with Crippen molar-refractivity contribution < 1.29 is 0 Å². The molecule has 0 amide bonds. The molecule has 3 heterocycles. The van der Waals surface area contributed by atoms with Crippen molar-refractivity contribution in [1.29, 1.82) is 0 Å². The van der Waals surface area contributed by atoms with E-state index in [1.165, 1.54) is 16.8 Å². The molecule has 4 aromatic rings. The summed E-state index contributed by atoms with van der Waals surface area (Å²) in [5.41, 5.74) is 4.89. The summed E-state index contributed by atoms with van der Waals surface area (Å²) in [5.74, 6) is 0.885. The van der Waals surface area contributed by atoms with Crippen molar-refractivity contribution in [1.82, 2.24) is 29.9 Å². The van der Waals surface area contributed by atoms with Gasteiger partial charge in [0, 0.05) is 36.7 Å². The fourth-order valence-corrected chi connectivity index (χ4v) is 3.92. The second-order valence-electron chi connectivity index (χ2n) is 7.09. The highest BCUT2D eigenvalue weighted by Crippen LogP contribution is 2.31. The highest BCUT2D eigenvalue weighted by atomic mass is 15.3. The average molecular weight is 370 g/mol. The topological polar surface area (TPSA) is 60.6 Å². The first-order chi connectivity index (χ1) is 13.9. The predicted molar refractivity (Wildman–Crippen MR) is 107 cm³/mol. The van der Waals surface area contributed by atoms with Crippen LogP contribution in [0, 0.1) is 0 Å². The fourth-order valence-electron chi connectivity index (χ4n) is 3.92. The van der Waals surface area contributed by atoms with Gasteiger partial charge in [-0.2, -0.15) is 10.2 Å². The van der Waals surface area contributed by atoms with Crippen LogP contribution in [0.1, 0.15) is 35.7 Å². The number of hydrogen-bond donors (Lipinski definition) is 1. The zero-order valence-electron chi connectivity index (χ0n) is 15.6. The Kier molecular flexibility index (Phi) is 4.47. The Balaban J connectivity index is 1.34. The Morgan fingerprint density at radius 1 is 1.04 bits per heavy atom. The molecule has 28 heavy (non-hydrogen) atoms. The van der Waals surface area contributed by atoms with Crippen LogP contribution in [-0.2, 0) is 13.0 Å². The van der Waals surface area contributed by atoms with Crippen LogP contribution in [0.2, 0.25) is 0 Å². The third-order valence-corrected chi connectivity index (χ3v) is 5.28. The number of pyridine rings is 1. The van der Waals surface area contributed by atoms with Crippen LogP contribution in [0.15, 0.2) is 73.3 Å². The Labute approximate surface area is 163 Å². The van der Waals surface area contributed by atoms with Gasteiger partial charge in [0.05, 0.1) is 17.6 Å². The van der Waals surface area contributed by atoms with Gasteiger partial charge < -0.3 is 5.32 Å². The summed E-state index contributed by atoms with van der Waals surface area (Å²) in [6.45, 7) is 0.813. The van der Waals surface area contributed by atoms with E-state index in [1.54, 1.807) is 6.20 Å². The second kappa shape index (κ2) is 7.40. The monoisotopic (exact) mass is 370 g/mol. The van der Waals surface area contributed by atoms with Crippen LogP contribution in [-0.4, -0.2) is 24.5 Å². The van der Waals surface area contributed by atoms with Crippen LogP contribution in [0.3, 0.4) is 0 Å². The summed E-state index contributed by atoms with van der Waals surface area (Å²) in [6.07, 6.45) is 10.9. The standard InChI is InChI=1S/C22H22N6/c1-2-11-23-22(10-1)28-21-9-4-8-20(19(21)16-26-28)24-15-17-6-3-7-18(14-17)27-13-5-12-25-27/h1-3,5-7,10-14,16,20,24H,4,8-9,15H2/t20-/m1/s1. The molecule has 1 aliphatic rings. The van der Waals surface area contributed by atoms with Crippen LogP contribution in [0.4, 0.5) is 0 Å². The Morgan fingerprint density at radius 2 is 2.04 bits per heavy atom. The molecule has 0 bridgehead atoms. The van der Waals surface area contributed by atoms with Gasteiger partial charge in [0.1, 0.15) is 0 Å². The SMILES string of the molecule is c1ccc(-n2ncc3c2CCC[C@H]3NCc2cccc(-n3cccn3)c2)nc1. The molecule has 0 unspecified atom stereocenters. The normalized spacial score (nSPS) is 16.1. The Hall–Kier alpha value is -3.25. The molecule has 0 radical (unpaired) electrons. The first kappa shape index (κ1) is 16.9. The van der Waals surface area contributed by atoms with Crippen molar-refractivity contribution in [3.05, 3.63) is 90.1 Å². The maximum absolute atomic E-state index is 4.62. The zero-order chi connectivity index (χ0) is 18.8. The minimum atomic E-state index is 0.314. The van der Waals surface area contributed by atoms with Crippen molar-refractivity contribution in [2.75, 3.05) is 0 Å². The number of fused-ring (bicyclic) bond motifs is 1. The van der Waals surface area contributed by atoms with Crippen LogP contribution in [0.25, 0.3) is 11.5 Å². The number of benzene rings is 1. The highest BCUT2D eigenvalue weighted by molar-refractivity contribution is 5.36. The van der Waals surface area contributed by atoms with E-state index in [-0.39, 0.29) is 0 Å². The lowest BCUT2D eigenvalue weighted by Crippen LogP contribution is -2.25. The molecule has 5 rings (SSSR count). The van der Waals surface area contributed by atoms with E-state index in [0.29, 0.717) is 6.04 Å². The first-order valence-corrected chi connectivity index (χ1v) is 9.69. The summed E-state index contributed by atoms with van der Waals surface area (Å²) in [5, 5.41) is 12.7. The highest BCUT2D eigenvalue weighted by Gasteiger charge is 2.24. The second-order valence-corrected chi connectivity index (χ2v) is 7.09. The number of aromatic nitrogens is 5. The first-order valence-electron chi connectivity index (χ1n) is 9.69. The van der Waals surface area contributed by atoms with Crippen molar-refractivity contribution in [2.45, 2.75) is 31.8 Å². The van der Waals surface area contributed by atoms with Gasteiger partial charge in [-0.05, 0) is 55.2 Å². The molecule has 1 aliphatic carbocycles.